The zero-order chi connectivity index (χ0) is 15.5. The molecule has 0 radical (unpaired) electrons. The molecule has 0 saturated carbocycles. The van der Waals surface area contributed by atoms with E-state index in [4.69, 9.17) is 4.74 Å². The molecule has 1 aliphatic heterocycles. The van der Waals surface area contributed by atoms with E-state index in [1.165, 1.54) is 5.56 Å². The van der Waals surface area contributed by atoms with E-state index in [1.54, 1.807) is 0 Å². The Hall–Kier alpha value is -1.07. The fourth-order valence-corrected chi connectivity index (χ4v) is 3.59. The summed E-state index contributed by atoms with van der Waals surface area (Å²) in [5.74, 6) is 1.41. The summed E-state index contributed by atoms with van der Waals surface area (Å²) in [6, 6.07) is 8.20. The van der Waals surface area contributed by atoms with Crippen molar-refractivity contribution in [3.63, 3.8) is 0 Å². The van der Waals surface area contributed by atoms with Crippen LogP contribution in [0.4, 0.5) is 0 Å². The van der Waals surface area contributed by atoms with Crippen LogP contribution < -0.4 is 4.74 Å². The smallest absolute Gasteiger partial charge is 0.152 e. The van der Waals surface area contributed by atoms with Crippen molar-refractivity contribution in [2.24, 2.45) is 0 Å². The van der Waals surface area contributed by atoms with E-state index in [9.17, 15) is 8.42 Å². The van der Waals surface area contributed by atoms with E-state index in [1.807, 2.05) is 12.1 Å². The maximum atomic E-state index is 11.3. The normalized spacial score (nSPS) is 19.4. The molecular weight excluding hydrogens is 286 g/mol. The Morgan fingerprint density at radius 2 is 1.67 bits per heavy atom. The Morgan fingerprint density at radius 3 is 2.19 bits per heavy atom. The molecule has 0 unspecified atom stereocenters. The summed E-state index contributed by atoms with van der Waals surface area (Å²) < 4.78 is 28.4. The second kappa shape index (κ2) is 6.36. The molecule has 1 saturated heterocycles. The third kappa shape index (κ3) is 5.00. The number of hydrogen-bond donors (Lipinski definition) is 0. The molecule has 1 aromatic carbocycles. The first-order valence-electron chi connectivity index (χ1n) is 7.42. The van der Waals surface area contributed by atoms with Crippen molar-refractivity contribution < 1.29 is 13.2 Å². The Balaban J connectivity index is 1.76. The number of sulfone groups is 1. The zero-order valence-electron chi connectivity index (χ0n) is 13.1. The van der Waals surface area contributed by atoms with Gasteiger partial charge in [-0.15, -0.1) is 0 Å². The highest BCUT2D eigenvalue weighted by Crippen LogP contribution is 2.24. The molecule has 21 heavy (non-hydrogen) atoms. The molecule has 0 N–H and O–H groups in total. The molecule has 0 spiro atoms. The Bertz CT molecular complexity index is 544. The van der Waals surface area contributed by atoms with Crippen LogP contribution in [0.15, 0.2) is 24.3 Å². The van der Waals surface area contributed by atoms with Crippen LogP contribution in [0, 0.1) is 0 Å². The summed E-state index contributed by atoms with van der Waals surface area (Å²) in [6.07, 6.45) is 0. The summed E-state index contributed by atoms with van der Waals surface area (Å²) in [5, 5.41) is 0. The highest BCUT2D eigenvalue weighted by atomic mass is 32.2. The van der Waals surface area contributed by atoms with Crippen molar-refractivity contribution in [1.29, 1.82) is 0 Å². The Morgan fingerprint density at radius 1 is 1.10 bits per heavy atom. The third-order valence-corrected chi connectivity index (χ3v) is 5.44. The van der Waals surface area contributed by atoms with Crippen LogP contribution in [0.25, 0.3) is 0 Å². The van der Waals surface area contributed by atoms with Crippen LogP contribution in [0.5, 0.6) is 5.75 Å². The average molecular weight is 311 g/mol. The Kier molecular flexibility index (Phi) is 4.94. The molecule has 0 aromatic heterocycles. The Labute approximate surface area is 128 Å². The lowest BCUT2D eigenvalue weighted by Gasteiger charge is -2.26. The fraction of sp³-hybridized carbons (Fsp3) is 0.625. The summed E-state index contributed by atoms with van der Waals surface area (Å²) in [5.41, 5.74) is 1.44. The first-order valence-corrected chi connectivity index (χ1v) is 9.24. The molecule has 0 bridgehead atoms. The van der Waals surface area contributed by atoms with Crippen molar-refractivity contribution in [2.45, 2.75) is 26.2 Å². The topological polar surface area (TPSA) is 46.6 Å². The SMILES string of the molecule is CC(C)(C)c1ccc(OCCN2CCS(=O)(=O)CC2)cc1. The number of rotatable bonds is 4. The van der Waals surface area contributed by atoms with Gasteiger partial charge in [-0.25, -0.2) is 8.42 Å². The van der Waals surface area contributed by atoms with Gasteiger partial charge in [0.1, 0.15) is 12.4 Å². The van der Waals surface area contributed by atoms with E-state index in [0.29, 0.717) is 19.7 Å². The highest BCUT2D eigenvalue weighted by molar-refractivity contribution is 7.91. The van der Waals surface area contributed by atoms with Gasteiger partial charge in [0.05, 0.1) is 11.5 Å². The number of ether oxygens (including phenoxy) is 1. The summed E-state index contributed by atoms with van der Waals surface area (Å²) >= 11 is 0. The van der Waals surface area contributed by atoms with E-state index in [-0.39, 0.29) is 16.9 Å². The summed E-state index contributed by atoms with van der Waals surface area (Å²) in [4.78, 5) is 2.14. The van der Waals surface area contributed by atoms with Gasteiger partial charge in [-0.1, -0.05) is 32.9 Å². The first kappa shape index (κ1) is 16.3. The first-order chi connectivity index (χ1) is 9.76. The summed E-state index contributed by atoms with van der Waals surface area (Å²) in [7, 11) is -2.79. The highest BCUT2D eigenvalue weighted by Gasteiger charge is 2.21. The molecule has 1 fully saturated rings. The maximum Gasteiger partial charge on any atom is 0.152 e. The van der Waals surface area contributed by atoms with Gasteiger partial charge in [0.25, 0.3) is 0 Å². The molecule has 0 amide bonds. The fourth-order valence-electron chi connectivity index (χ4n) is 2.32. The summed E-state index contributed by atoms with van der Waals surface area (Å²) in [6.45, 7) is 9.17. The number of hydrogen-bond acceptors (Lipinski definition) is 4. The number of benzene rings is 1. The lowest BCUT2D eigenvalue weighted by Crippen LogP contribution is -2.42. The van der Waals surface area contributed by atoms with Gasteiger partial charge in [0.2, 0.25) is 0 Å². The van der Waals surface area contributed by atoms with Gasteiger partial charge in [-0.3, -0.25) is 4.90 Å². The van der Waals surface area contributed by atoms with Crippen molar-refractivity contribution in [3.8, 4) is 5.75 Å². The lowest BCUT2D eigenvalue weighted by molar-refractivity contribution is 0.219. The van der Waals surface area contributed by atoms with Gasteiger partial charge in [-0.05, 0) is 23.1 Å². The zero-order valence-corrected chi connectivity index (χ0v) is 13.9. The predicted molar refractivity (Wildman–Crippen MR) is 85.7 cm³/mol. The van der Waals surface area contributed by atoms with Crippen LogP contribution in [0.3, 0.4) is 0 Å². The van der Waals surface area contributed by atoms with Gasteiger partial charge < -0.3 is 4.74 Å². The minimum Gasteiger partial charge on any atom is -0.492 e. The quantitative estimate of drug-likeness (QED) is 0.854. The second-order valence-corrected chi connectivity index (χ2v) is 8.92. The molecule has 1 aromatic rings. The van der Waals surface area contributed by atoms with E-state index in [0.717, 1.165) is 12.3 Å². The molecular formula is C16H25NO3S. The predicted octanol–water partition coefficient (Wildman–Crippen LogP) is 2.09. The second-order valence-electron chi connectivity index (χ2n) is 6.62. The monoisotopic (exact) mass is 311 g/mol. The van der Waals surface area contributed by atoms with Crippen LogP contribution in [-0.2, 0) is 15.3 Å². The molecule has 1 aliphatic rings. The van der Waals surface area contributed by atoms with Crippen LogP contribution >= 0.6 is 0 Å². The minimum atomic E-state index is -2.79. The molecule has 118 valence electrons. The van der Waals surface area contributed by atoms with Gasteiger partial charge in [0, 0.05) is 19.6 Å². The third-order valence-electron chi connectivity index (χ3n) is 3.83. The van der Waals surface area contributed by atoms with E-state index >= 15 is 0 Å². The van der Waals surface area contributed by atoms with Crippen molar-refractivity contribution in [2.75, 3.05) is 37.7 Å². The molecule has 0 aliphatic carbocycles. The molecule has 0 atom stereocenters. The molecule has 5 heteroatoms. The lowest BCUT2D eigenvalue weighted by atomic mass is 9.87. The van der Waals surface area contributed by atoms with Crippen molar-refractivity contribution in [3.05, 3.63) is 29.8 Å². The van der Waals surface area contributed by atoms with Crippen molar-refractivity contribution >= 4 is 9.84 Å². The molecule has 4 nitrogen and oxygen atoms in total. The van der Waals surface area contributed by atoms with Crippen LogP contribution in [-0.4, -0.2) is 51.1 Å². The van der Waals surface area contributed by atoms with Crippen molar-refractivity contribution in [1.82, 2.24) is 4.90 Å². The minimum absolute atomic E-state index is 0.151. The van der Waals surface area contributed by atoms with E-state index < -0.39 is 9.84 Å². The largest absolute Gasteiger partial charge is 0.492 e. The van der Waals surface area contributed by atoms with Crippen LogP contribution in [0.1, 0.15) is 26.3 Å². The van der Waals surface area contributed by atoms with Gasteiger partial charge in [0.15, 0.2) is 9.84 Å². The van der Waals surface area contributed by atoms with E-state index in [2.05, 4.69) is 37.8 Å². The van der Waals surface area contributed by atoms with Gasteiger partial charge in [-0.2, -0.15) is 0 Å². The standard InChI is InChI=1S/C16H25NO3S/c1-16(2,3)14-4-6-15(7-5-14)20-11-8-17-9-12-21(18,19)13-10-17/h4-7H,8-13H2,1-3H3. The van der Waals surface area contributed by atoms with Crippen LogP contribution in [0.2, 0.25) is 0 Å². The van der Waals surface area contributed by atoms with Gasteiger partial charge >= 0.3 is 0 Å². The average Bonchev–Trinajstić information content (AvgIpc) is 2.40. The molecule has 1 heterocycles. The maximum absolute atomic E-state index is 11.3. The molecule has 2 rings (SSSR count). The number of nitrogens with zero attached hydrogens (tertiary/aromatic N) is 1.